The molecular weight excluding hydrogens is 170 g/mol. The Labute approximate surface area is 89.9 Å². The number of nitrogens with zero attached hydrogens (tertiary/aromatic N) is 1. The van der Waals surface area contributed by atoms with Gasteiger partial charge in [0.15, 0.2) is 0 Å². The molecule has 0 aromatic carbocycles. The van der Waals surface area contributed by atoms with Crippen molar-refractivity contribution in [2.75, 3.05) is 6.54 Å². The second kappa shape index (κ2) is 6.44. The van der Waals surface area contributed by atoms with Gasteiger partial charge in [0.25, 0.3) is 0 Å². The van der Waals surface area contributed by atoms with Gasteiger partial charge < -0.3 is 0 Å². The highest BCUT2D eigenvalue weighted by atomic mass is 15.2. The van der Waals surface area contributed by atoms with Gasteiger partial charge in [-0.2, -0.15) is 0 Å². The van der Waals surface area contributed by atoms with Gasteiger partial charge in [-0.3, -0.25) is 4.90 Å². The van der Waals surface area contributed by atoms with E-state index in [1.807, 2.05) is 0 Å². The van der Waals surface area contributed by atoms with Crippen LogP contribution < -0.4 is 0 Å². The van der Waals surface area contributed by atoms with Crippen LogP contribution in [0.2, 0.25) is 0 Å². The fourth-order valence-corrected chi connectivity index (χ4v) is 2.41. The third kappa shape index (κ3) is 3.61. The monoisotopic (exact) mass is 196 g/mol. The van der Waals surface area contributed by atoms with Crippen molar-refractivity contribution in [3.63, 3.8) is 0 Å². The van der Waals surface area contributed by atoms with E-state index in [9.17, 15) is 0 Å². The normalized spacial score (nSPS) is 23.6. The first-order valence-corrected chi connectivity index (χ1v) is 6.34. The van der Waals surface area contributed by atoms with Gasteiger partial charge in [-0.15, -0.1) is 0 Å². The molecule has 0 amide bonds. The van der Waals surface area contributed by atoms with E-state index >= 15 is 0 Å². The van der Waals surface area contributed by atoms with Crippen LogP contribution in [0.25, 0.3) is 0 Å². The molecule has 1 heterocycles. The van der Waals surface area contributed by atoms with Crippen LogP contribution in [-0.2, 0) is 0 Å². The summed E-state index contributed by atoms with van der Waals surface area (Å²) in [5.74, 6) is 0.819. The van der Waals surface area contributed by atoms with Crippen LogP contribution in [0.15, 0.2) is 0 Å². The van der Waals surface area contributed by atoms with Crippen molar-refractivity contribution in [1.29, 1.82) is 0 Å². The Bertz CT molecular complexity index is 142. The van der Waals surface area contributed by atoms with Crippen molar-refractivity contribution in [3.8, 4) is 0 Å². The molecule has 0 N–H and O–H groups in total. The van der Waals surface area contributed by atoms with Gasteiger partial charge in [0.2, 0.25) is 0 Å². The number of unbranched alkanes of at least 4 members (excludes halogenated alkanes) is 3. The predicted octanol–water partition coefficient (Wildman–Crippen LogP) is 3.85. The molecule has 1 aliphatic heterocycles. The molecule has 1 heteroatoms. The first-order chi connectivity index (χ1) is 6.75. The number of hydrogen-bond acceptors (Lipinski definition) is 1. The lowest BCUT2D eigenvalue weighted by molar-refractivity contribution is 0.243. The van der Waals surface area contributed by atoms with Crippen LogP contribution in [0.4, 0.5) is 0 Å². The third-order valence-electron chi connectivity index (χ3n) is 3.28. The van der Waals surface area contributed by atoms with Crippen LogP contribution >= 0.6 is 0 Å². The smallest absolute Gasteiger partial charge is 0.0254 e. The Kier molecular flexibility index (Phi) is 5.54. The summed E-state index contributed by atoms with van der Waals surface area (Å²) >= 11 is 0. The third-order valence-corrected chi connectivity index (χ3v) is 3.28. The zero-order valence-corrected chi connectivity index (χ0v) is 10.1. The molecule has 1 aliphatic rings. The van der Waals surface area contributed by atoms with E-state index in [0.717, 1.165) is 12.0 Å². The average molecular weight is 196 g/mol. The maximum Gasteiger partial charge on any atom is 0.0254 e. The van der Waals surface area contributed by atoms with Gasteiger partial charge in [-0.1, -0.05) is 40.0 Å². The first kappa shape index (κ1) is 12.0. The Morgan fingerprint density at radius 1 is 1.36 bits per heavy atom. The van der Waals surface area contributed by atoms with E-state index in [1.54, 1.807) is 0 Å². The minimum absolute atomic E-state index is 0.819. The Hall–Kier alpha value is -0.0400. The Morgan fingerprint density at radius 2 is 2.14 bits per heavy atom. The average Bonchev–Trinajstić information content (AvgIpc) is 2.60. The van der Waals surface area contributed by atoms with Crippen LogP contribution in [0.5, 0.6) is 0 Å². The summed E-state index contributed by atoms with van der Waals surface area (Å²) < 4.78 is 0. The molecule has 1 nitrogen and oxygen atoms in total. The van der Waals surface area contributed by atoms with E-state index in [2.05, 4.69) is 32.2 Å². The van der Waals surface area contributed by atoms with Gasteiger partial charge in [0.1, 0.15) is 0 Å². The molecule has 1 saturated heterocycles. The fourth-order valence-electron chi connectivity index (χ4n) is 2.41. The molecule has 0 aromatic heterocycles. The molecule has 0 spiro atoms. The highest BCUT2D eigenvalue weighted by Gasteiger charge is 2.26. The first-order valence-electron chi connectivity index (χ1n) is 6.34. The van der Waals surface area contributed by atoms with Crippen LogP contribution in [0.3, 0.4) is 0 Å². The molecule has 14 heavy (non-hydrogen) atoms. The van der Waals surface area contributed by atoms with Gasteiger partial charge in [-0.05, 0) is 31.7 Å². The van der Waals surface area contributed by atoms with Crippen molar-refractivity contribution in [2.45, 2.75) is 65.3 Å². The number of rotatable bonds is 6. The summed E-state index contributed by atoms with van der Waals surface area (Å²) in [4.78, 5) is 2.60. The van der Waals surface area contributed by atoms with Crippen molar-refractivity contribution >= 4 is 0 Å². The molecule has 0 bridgehead atoms. The molecule has 0 aromatic rings. The maximum atomic E-state index is 2.60. The predicted molar refractivity (Wildman–Crippen MR) is 63.0 cm³/mol. The lowest BCUT2D eigenvalue weighted by Crippen LogP contribution is -2.31. The minimum Gasteiger partial charge on any atom is -0.296 e. The fraction of sp³-hybridized carbons (Fsp3) is 0.923. The number of likely N-dealkylation sites (tertiary alicyclic amines) is 1. The quantitative estimate of drug-likeness (QED) is 0.583. The topological polar surface area (TPSA) is 3.24 Å². The standard InChI is InChI=1S/C13H26N/c1-4-5-6-7-10-14-11-8-9-13(14)12(2)3/h10,12-13H,4-9,11H2,1-3H3. The molecule has 83 valence electrons. The van der Waals surface area contributed by atoms with Crippen molar-refractivity contribution in [1.82, 2.24) is 4.90 Å². The van der Waals surface area contributed by atoms with Gasteiger partial charge in [-0.25, -0.2) is 0 Å². The Morgan fingerprint density at radius 3 is 2.79 bits per heavy atom. The summed E-state index contributed by atoms with van der Waals surface area (Å²) in [5.41, 5.74) is 0. The maximum absolute atomic E-state index is 2.60. The van der Waals surface area contributed by atoms with Crippen LogP contribution in [-0.4, -0.2) is 17.5 Å². The molecule has 1 unspecified atom stereocenters. The highest BCUT2D eigenvalue weighted by Crippen LogP contribution is 2.25. The van der Waals surface area contributed by atoms with Crippen molar-refractivity contribution < 1.29 is 0 Å². The van der Waals surface area contributed by atoms with Crippen LogP contribution in [0.1, 0.15) is 59.3 Å². The van der Waals surface area contributed by atoms with E-state index in [4.69, 9.17) is 0 Å². The van der Waals surface area contributed by atoms with Gasteiger partial charge in [0, 0.05) is 12.6 Å². The largest absolute Gasteiger partial charge is 0.296 e. The molecular formula is C13H26N. The summed E-state index contributed by atoms with van der Waals surface area (Å²) in [6.07, 6.45) is 8.18. The zero-order valence-electron chi connectivity index (χ0n) is 10.1. The molecule has 1 atom stereocenters. The molecule has 1 rings (SSSR count). The zero-order chi connectivity index (χ0) is 10.4. The Balaban J connectivity index is 2.16. The molecule has 0 aliphatic carbocycles. The molecule has 1 fully saturated rings. The van der Waals surface area contributed by atoms with Gasteiger partial charge in [0.05, 0.1) is 0 Å². The SMILES string of the molecule is CCCCC[CH]N1CCCC1C(C)C. The second-order valence-electron chi connectivity index (χ2n) is 4.87. The van der Waals surface area contributed by atoms with E-state index in [0.29, 0.717) is 0 Å². The second-order valence-corrected chi connectivity index (χ2v) is 4.87. The van der Waals surface area contributed by atoms with E-state index in [-0.39, 0.29) is 0 Å². The van der Waals surface area contributed by atoms with Gasteiger partial charge >= 0.3 is 0 Å². The molecule has 1 radical (unpaired) electrons. The van der Waals surface area contributed by atoms with Crippen LogP contribution in [0, 0.1) is 12.5 Å². The van der Waals surface area contributed by atoms with Crippen molar-refractivity contribution in [3.05, 3.63) is 6.54 Å². The van der Waals surface area contributed by atoms with E-state index < -0.39 is 0 Å². The minimum atomic E-state index is 0.819. The number of hydrogen-bond donors (Lipinski definition) is 0. The summed E-state index contributed by atoms with van der Waals surface area (Å²) in [7, 11) is 0. The van der Waals surface area contributed by atoms with E-state index in [1.165, 1.54) is 45.1 Å². The molecule has 0 saturated carbocycles. The lowest BCUT2D eigenvalue weighted by atomic mass is 10.0. The summed E-state index contributed by atoms with van der Waals surface area (Å²) in [6.45, 7) is 10.7. The van der Waals surface area contributed by atoms with Crippen molar-refractivity contribution in [2.24, 2.45) is 5.92 Å². The highest BCUT2D eigenvalue weighted by molar-refractivity contribution is 4.85. The summed E-state index contributed by atoms with van der Waals surface area (Å²) in [5, 5.41) is 0. The lowest BCUT2D eigenvalue weighted by Gasteiger charge is -2.26. The summed E-state index contributed by atoms with van der Waals surface area (Å²) in [6, 6.07) is 0.830.